The van der Waals surface area contributed by atoms with Crippen LogP contribution in [0.3, 0.4) is 0 Å². The lowest BCUT2D eigenvalue weighted by atomic mass is 10.2. The molecule has 0 aromatic heterocycles. The number of hydrogen-bond donors (Lipinski definition) is 1. The molecule has 0 spiro atoms. The van der Waals surface area contributed by atoms with Gasteiger partial charge in [-0.1, -0.05) is 24.6 Å². The minimum absolute atomic E-state index is 0.0532. The Morgan fingerprint density at radius 1 is 1.19 bits per heavy atom. The lowest BCUT2D eigenvalue weighted by Crippen LogP contribution is -2.41. The number of amides is 1. The van der Waals surface area contributed by atoms with Crippen molar-refractivity contribution in [2.24, 2.45) is 0 Å². The van der Waals surface area contributed by atoms with E-state index in [1.165, 1.54) is 12.1 Å². The standard InChI is InChI=1S/C19H20N2O5S/c1-3-27(24,25)15-8-9-16-17(10-15)26-19(23)12-21(16)11-18(22)20-14-6-4-13(2)5-7-14/h4-10H,3,11-12H2,1-2H3,(H,20,22). The molecule has 2 aromatic carbocycles. The lowest BCUT2D eigenvalue weighted by molar-refractivity contribution is -0.133. The number of hydrogen-bond acceptors (Lipinski definition) is 6. The Labute approximate surface area is 157 Å². The maximum absolute atomic E-state index is 12.4. The largest absolute Gasteiger partial charge is 0.423 e. The number of anilines is 2. The number of benzene rings is 2. The van der Waals surface area contributed by atoms with Gasteiger partial charge in [0.2, 0.25) is 5.91 Å². The van der Waals surface area contributed by atoms with Crippen LogP contribution in [0.1, 0.15) is 12.5 Å². The van der Waals surface area contributed by atoms with Gasteiger partial charge >= 0.3 is 5.97 Å². The minimum atomic E-state index is -3.42. The molecule has 3 rings (SSSR count). The third kappa shape index (κ3) is 4.28. The van der Waals surface area contributed by atoms with Crippen molar-refractivity contribution in [3.05, 3.63) is 48.0 Å². The molecule has 1 N–H and O–H groups in total. The third-order valence-electron chi connectivity index (χ3n) is 4.22. The van der Waals surface area contributed by atoms with E-state index in [0.717, 1.165) is 5.56 Å². The summed E-state index contributed by atoms with van der Waals surface area (Å²) in [6.07, 6.45) is 0. The van der Waals surface area contributed by atoms with Gasteiger partial charge in [0.25, 0.3) is 0 Å². The van der Waals surface area contributed by atoms with Gasteiger partial charge in [0, 0.05) is 11.8 Å². The molecule has 0 saturated carbocycles. The van der Waals surface area contributed by atoms with Crippen molar-refractivity contribution in [2.45, 2.75) is 18.7 Å². The zero-order valence-electron chi connectivity index (χ0n) is 15.1. The normalized spacial score (nSPS) is 13.7. The second kappa shape index (κ2) is 7.40. The van der Waals surface area contributed by atoms with E-state index in [1.807, 2.05) is 19.1 Å². The summed E-state index contributed by atoms with van der Waals surface area (Å²) in [5.74, 6) is -0.743. The van der Waals surface area contributed by atoms with Crippen LogP contribution in [0.4, 0.5) is 11.4 Å². The highest BCUT2D eigenvalue weighted by atomic mass is 32.2. The highest BCUT2D eigenvalue weighted by Crippen LogP contribution is 2.34. The second-order valence-corrected chi connectivity index (χ2v) is 8.56. The quantitative estimate of drug-likeness (QED) is 0.623. The maximum Gasteiger partial charge on any atom is 0.331 e. The van der Waals surface area contributed by atoms with Crippen molar-refractivity contribution < 1.29 is 22.7 Å². The number of carbonyl (C=O) groups is 2. The second-order valence-electron chi connectivity index (χ2n) is 6.28. The number of fused-ring (bicyclic) bond motifs is 1. The van der Waals surface area contributed by atoms with E-state index in [2.05, 4.69) is 5.32 Å². The van der Waals surface area contributed by atoms with Crippen molar-refractivity contribution in [2.75, 3.05) is 29.1 Å². The molecule has 0 unspecified atom stereocenters. The summed E-state index contributed by atoms with van der Waals surface area (Å²) in [7, 11) is -3.42. The summed E-state index contributed by atoms with van der Waals surface area (Å²) in [5.41, 5.74) is 2.25. The van der Waals surface area contributed by atoms with Crippen LogP contribution in [0, 0.1) is 6.92 Å². The van der Waals surface area contributed by atoms with Crippen LogP contribution in [-0.4, -0.2) is 39.1 Å². The molecular formula is C19H20N2O5S. The summed E-state index contributed by atoms with van der Waals surface area (Å²) < 4.78 is 29.3. The monoisotopic (exact) mass is 388 g/mol. The van der Waals surface area contributed by atoms with Crippen LogP contribution >= 0.6 is 0 Å². The first-order valence-electron chi connectivity index (χ1n) is 8.47. The molecule has 27 heavy (non-hydrogen) atoms. The fourth-order valence-electron chi connectivity index (χ4n) is 2.75. The predicted octanol–water partition coefficient (Wildman–Crippen LogP) is 2.15. The molecule has 0 saturated heterocycles. The number of rotatable bonds is 5. The van der Waals surface area contributed by atoms with E-state index >= 15 is 0 Å². The molecule has 1 aliphatic rings. The van der Waals surface area contributed by atoms with Gasteiger partial charge in [-0.05, 0) is 31.2 Å². The zero-order valence-corrected chi connectivity index (χ0v) is 15.9. The Morgan fingerprint density at radius 3 is 2.56 bits per heavy atom. The Balaban J connectivity index is 1.80. The molecule has 0 bridgehead atoms. The third-order valence-corrected chi connectivity index (χ3v) is 5.96. The first-order valence-corrected chi connectivity index (χ1v) is 10.1. The average molecular weight is 388 g/mol. The Kier molecular flexibility index (Phi) is 5.18. The van der Waals surface area contributed by atoms with Crippen LogP contribution in [0.25, 0.3) is 0 Å². The molecule has 0 fully saturated rings. The fraction of sp³-hybridized carbons (Fsp3) is 0.263. The molecule has 1 aliphatic heterocycles. The average Bonchev–Trinajstić information content (AvgIpc) is 2.63. The summed E-state index contributed by atoms with van der Waals surface area (Å²) in [5, 5.41) is 2.78. The van der Waals surface area contributed by atoms with Crippen LogP contribution in [0.2, 0.25) is 0 Å². The van der Waals surface area contributed by atoms with Crippen LogP contribution in [-0.2, 0) is 19.4 Å². The maximum atomic E-state index is 12.4. The molecule has 142 valence electrons. The zero-order chi connectivity index (χ0) is 19.6. The Hall–Kier alpha value is -2.87. The summed E-state index contributed by atoms with van der Waals surface area (Å²) in [6.45, 7) is 3.35. The first kappa shape index (κ1) is 18.9. The van der Waals surface area contributed by atoms with Gasteiger partial charge in [-0.3, -0.25) is 4.79 Å². The molecule has 1 heterocycles. The van der Waals surface area contributed by atoms with E-state index in [4.69, 9.17) is 4.74 Å². The van der Waals surface area contributed by atoms with Gasteiger partial charge in [0.15, 0.2) is 15.6 Å². The van der Waals surface area contributed by atoms with Gasteiger partial charge in [0.1, 0.15) is 6.54 Å². The van der Waals surface area contributed by atoms with Gasteiger partial charge < -0.3 is 15.0 Å². The molecule has 0 radical (unpaired) electrons. The number of nitrogens with zero attached hydrogens (tertiary/aromatic N) is 1. The van der Waals surface area contributed by atoms with Crippen molar-refractivity contribution >= 4 is 33.1 Å². The lowest BCUT2D eigenvalue weighted by Gasteiger charge is -2.29. The van der Waals surface area contributed by atoms with Gasteiger partial charge in [-0.2, -0.15) is 0 Å². The number of carbonyl (C=O) groups excluding carboxylic acids is 2. The summed E-state index contributed by atoms with van der Waals surface area (Å²) in [6, 6.07) is 11.7. The van der Waals surface area contributed by atoms with Crippen molar-refractivity contribution in [1.29, 1.82) is 0 Å². The summed E-state index contributed by atoms with van der Waals surface area (Å²) >= 11 is 0. The predicted molar refractivity (Wildman–Crippen MR) is 102 cm³/mol. The van der Waals surface area contributed by atoms with Crippen molar-refractivity contribution in [3.63, 3.8) is 0 Å². The molecule has 0 aliphatic carbocycles. The first-order chi connectivity index (χ1) is 12.8. The van der Waals surface area contributed by atoms with E-state index in [9.17, 15) is 18.0 Å². The van der Waals surface area contributed by atoms with E-state index < -0.39 is 15.8 Å². The molecule has 8 heteroatoms. The van der Waals surface area contributed by atoms with Crippen molar-refractivity contribution in [3.8, 4) is 5.75 Å². The van der Waals surface area contributed by atoms with E-state index in [-0.39, 0.29) is 35.4 Å². The molecule has 0 atom stereocenters. The van der Waals surface area contributed by atoms with E-state index in [0.29, 0.717) is 11.4 Å². The highest BCUT2D eigenvalue weighted by Gasteiger charge is 2.27. The van der Waals surface area contributed by atoms with Crippen LogP contribution in [0.5, 0.6) is 5.75 Å². The molecule has 1 amide bonds. The van der Waals surface area contributed by atoms with E-state index in [1.54, 1.807) is 30.0 Å². The SMILES string of the molecule is CCS(=O)(=O)c1ccc2c(c1)OC(=O)CN2CC(=O)Nc1ccc(C)cc1. The summed E-state index contributed by atoms with van der Waals surface area (Å²) in [4.78, 5) is 25.9. The van der Waals surface area contributed by atoms with Gasteiger partial charge in [0.05, 0.1) is 22.9 Å². The number of esters is 1. The molecular weight excluding hydrogens is 368 g/mol. The van der Waals surface area contributed by atoms with Gasteiger partial charge in [-0.25, -0.2) is 13.2 Å². The number of sulfone groups is 1. The molecule has 2 aromatic rings. The van der Waals surface area contributed by atoms with Crippen LogP contribution in [0.15, 0.2) is 47.4 Å². The number of ether oxygens (including phenoxy) is 1. The van der Waals surface area contributed by atoms with Crippen LogP contribution < -0.4 is 15.0 Å². The minimum Gasteiger partial charge on any atom is -0.423 e. The topological polar surface area (TPSA) is 92.8 Å². The Bertz CT molecular complexity index is 984. The highest BCUT2D eigenvalue weighted by molar-refractivity contribution is 7.91. The fourth-order valence-corrected chi connectivity index (χ4v) is 3.64. The van der Waals surface area contributed by atoms with Gasteiger partial charge in [-0.15, -0.1) is 0 Å². The number of nitrogens with one attached hydrogen (secondary N) is 1. The smallest absolute Gasteiger partial charge is 0.331 e. The van der Waals surface area contributed by atoms with Crippen molar-refractivity contribution in [1.82, 2.24) is 0 Å². The number of aryl methyl sites for hydroxylation is 1. The molecule has 7 nitrogen and oxygen atoms in total. The Morgan fingerprint density at radius 2 is 1.89 bits per heavy atom.